The number of esters is 6. The molecule has 4 aliphatic rings. The SMILES string of the molecule is CCCCCC1CCC(C2CCC(C(=O)Oc3ccc(OC(=O)c4ccc(OCCCCCCCCOC(=O)CCC(=O)OCCCCCCCCOc5ccc(C(=O)Oc6ccc(OC(=O)C7CCC(C8CCC(CCCCC)CC8)CC7)cc6)cc5)cc4)cc3)CC2)CC1. The maximum atomic E-state index is 13.1. The van der Waals surface area contributed by atoms with Gasteiger partial charge in [0.05, 0.1) is 62.2 Å². The van der Waals surface area contributed by atoms with E-state index in [1.807, 2.05) is 0 Å². The monoisotopic (exact) mass is 1320 g/mol. The summed E-state index contributed by atoms with van der Waals surface area (Å²) in [6.45, 7) is 6.35. The van der Waals surface area contributed by atoms with Gasteiger partial charge in [0.25, 0.3) is 0 Å². The van der Waals surface area contributed by atoms with E-state index in [2.05, 4.69) is 13.8 Å². The quantitative estimate of drug-likeness (QED) is 0.0233. The first-order chi connectivity index (χ1) is 47.0. The molecule has 0 saturated heterocycles. The van der Waals surface area contributed by atoms with Gasteiger partial charge in [-0.3, -0.25) is 19.2 Å². The van der Waals surface area contributed by atoms with Gasteiger partial charge < -0.3 is 37.9 Å². The van der Waals surface area contributed by atoms with E-state index in [9.17, 15) is 28.8 Å². The Balaban J connectivity index is 0.550. The van der Waals surface area contributed by atoms with Crippen LogP contribution >= 0.6 is 0 Å². The third kappa shape index (κ3) is 27.3. The first-order valence-corrected chi connectivity index (χ1v) is 37.8. The van der Waals surface area contributed by atoms with E-state index in [-0.39, 0.29) is 48.6 Å². The van der Waals surface area contributed by atoms with Gasteiger partial charge >= 0.3 is 35.8 Å². The first-order valence-electron chi connectivity index (χ1n) is 37.8. The van der Waals surface area contributed by atoms with Crippen LogP contribution in [0.5, 0.6) is 34.5 Å². The summed E-state index contributed by atoms with van der Waals surface area (Å²) in [4.78, 5) is 76.4. The van der Waals surface area contributed by atoms with Crippen molar-refractivity contribution in [1.29, 1.82) is 0 Å². The molecule has 0 bridgehead atoms. The van der Waals surface area contributed by atoms with E-state index >= 15 is 0 Å². The van der Waals surface area contributed by atoms with E-state index in [0.717, 1.165) is 164 Å². The molecule has 0 radical (unpaired) electrons. The Morgan fingerprint density at radius 2 is 0.583 bits per heavy atom. The van der Waals surface area contributed by atoms with Gasteiger partial charge in [-0.15, -0.1) is 0 Å². The molecule has 0 aromatic heterocycles. The predicted molar refractivity (Wildman–Crippen MR) is 375 cm³/mol. The molecular formula is C82H114O14. The summed E-state index contributed by atoms with van der Waals surface area (Å²) in [7, 11) is 0. The number of carbonyl (C=O) groups excluding carboxylic acids is 6. The number of unbranched alkanes of at least 4 members (excludes halogenated alkanes) is 14. The van der Waals surface area contributed by atoms with Crippen LogP contribution < -0.4 is 28.4 Å². The minimum Gasteiger partial charge on any atom is -0.494 e. The molecule has 0 spiro atoms. The summed E-state index contributed by atoms with van der Waals surface area (Å²) in [6.07, 6.45) is 41.2. The van der Waals surface area contributed by atoms with Crippen LogP contribution in [0.2, 0.25) is 0 Å². The average molecular weight is 1320 g/mol. The van der Waals surface area contributed by atoms with Gasteiger partial charge in [-0.2, -0.15) is 0 Å². The summed E-state index contributed by atoms with van der Waals surface area (Å²) in [6, 6.07) is 27.1. The van der Waals surface area contributed by atoms with Crippen molar-refractivity contribution in [3.05, 3.63) is 108 Å². The first kappa shape index (κ1) is 75.1. The number of ether oxygens (including phenoxy) is 8. The minimum absolute atomic E-state index is 0.0116. The van der Waals surface area contributed by atoms with Gasteiger partial charge in [0, 0.05) is 0 Å². The molecule has 526 valence electrons. The molecule has 96 heavy (non-hydrogen) atoms. The maximum Gasteiger partial charge on any atom is 0.343 e. The van der Waals surface area contributed by atoms with Crippen molar-refractivity contribution < 1.29 is 66.7 Å². The third-order valence-electron chi connectivity index (χ3n) is 21.1. The van der Waals surface area contributed by atoms with E-state index in [1.165, 1.54) is 103 Å². The Labute approximate surface area is 574 Å². The van der Waals surface area contributed by atoms with Crippen molar-refractivity contribution in [2.45, 2.75) is 258 Å². The lowest BCUT2D eigenvalue weighted by atomic mass is 9.68. The van der Waals surface area contributed by atoms with E-state index in [0.29, 0.717) is 72.1 Å². The Kier molecular flexibility index (Phi) is 33.5. The number of carbonyl (C=O) groups is 6. The molecule has 4 fully saturated rings. The number of rotatable bonds is 41. The molecule has 4 saturated carbocycles. The summed E-state index contributed by atoms with van der Waals surface area (Å²) in [5.41, 5.74) is 0.808. The molecular weight excluding hydrogens is 1210 g/mol. The van der Waals surface area contributed by atoms with E-state index in [1.54, 1.807) is 97.1 Å². The molecule has 14 nitrogen and oxygen atoms in total. The van der Waals surface area contributed by atoms with Crippen molar-refractivity contribution in [3.8, 4) is 34.5 Å². The molecule has 0 amide bonds. The number of hydrogen-bond acceptors (Lipinski definition) is 14. The van der Waals surface area contributed by atoms with Gasteiger partial charge in [-0.1, -0.05) is 142 Å². The van der Waals surface area contributed by atoms with E-state index in [4.69, 9.17) is 37.9 Å². The lowest BCUT2D eigenvalue weighted by molar-refractivity contribution is -0.150. The number of hydrogen-bond donors (Lipinski definition) is 0. The van der Waals surface area contributed by atoms with Crippen LogP contribution in [0.1, 0.15) is 279 Å². The summed E-state index contributed by atoms with van der Waals surface area (Å²) >= 11 is 0. The summed E-state index contributed by atoms with van der Waals surface area (Å²) in [5.74, 6) is 5.81. The van der Waals surface area contributed by atoms with Gasteiger partial charge in [-0.25, -0.2) is 9.59 Å². The van der Waals surface area contributed by atoms with E-state index < -0.39 is 11.9 Å². The zero-order chi connectivity index (χ0) is 67.4. The van der Waals surface area contributed by atoms with Crippen LogP contribution in [0.4, 0.5) is 0 Å². The largest absolute Gasteiger partial charge is 0.494 e. The number of benzene rings is 4. The lowest BCUT2D eigenvalue weighted by Gasteiger charge is -2.37. The van der Waals surface area contributed by atoms with Crippen LogP contribution in [-0.2, 0) is 28.7 Å². The minimum atomic E-state index is -0.483. The predicted octanol–water partition coefficient (Wildman–Crippen LogP) is 20.3. The third-order valence-corrected chi connectivity index (χ3v) is 21.1. The summed E-state index contributed by atoms with van der Waals surface area (Å²) in [5, 5.41) is 0. The van der Waals surface area contributed by atoms with Crippen LogP contribution in [-0.4, -0.2) is 62.2 Å². The molecule has 0 unspecified atom stereocenters. The standard InChI is InChI=1S/C82H114O14/c1-3-5-15-21-61-23-27-63(28-24-61)65-31-35-67(36-32-65)79(85)93-73-47-51-75(52-48-73)95-81(87)69-39-43-71(44-40-69)89-57-17-11-7-9-13-19-59-91-77(83)55-56-78(84)92-60-20-14-10-8-12-18-58-90-72-45-41-70(42-46-72)82(88)96-76-53-49-74(50-54-76)94-80(86)68-37-33-66(34-38-68)64-29-25-62(26-30-64)22-16-6-4-2/h39-54,61-68H,3-38,55-60H2,1-2H3. The highest BCUT2D eigenvalue weighted by Gasteiger charge is 2.35. The highest BCUT2D eigenvalue weighted by atomic mass is 16.6. The van der Waals surface area contributed by atoms with Gasteiger partial charge in [-0.05, 0) is 235 Å². The Morgan fingerprint density at radius 1 is 0.302 bits per heavy atom. The fourth-order valence-electron chi connectivity index (χ4n) is 15.1. The second-order valence-corrected chi connectivity index (χ2v) is 28.3. The molecule has 0 atom stereocenters. The van der Waals surface area contributed by atoms with Crippen LogP contribution in [0.15, 0.2) is 97.1 Å². The molecule has 4 aromatic rings. The van der Waals surface area contributed by atoms with Crippen molar-refractivity contribution >= 4 is 35.8 Å². The van der Waals surface area contributed by atoms with Crippen molar-refractivity contribution in [2.24, 2.45) is 47.3 Å². The Bertz CT molecular complexity index is 2670. The Hall–Kier alpha value is -6.70. The highest BCUT2D eigenvalue weighted by molar-refractivity contribution is 5.92. The molecule has 14 heteroatoms. The molecule has 4 aromatic carbocycles. The van der Waals surface area contributed by atoms with Gasteiger partial charge in [0.1, 0.15) is 34.5 Å². The molecule has 0 aliphatic heterocycles. The fraction of sp³-hybridized carbons (Fsp3) is 0.634. The second-order valence-electron chi connectivity index (χ2n) is 28.3. The zero-order valence-electron chi connectivity index (χ0n) is 58.3. The van der Waals surface area contributed by atoms with Gasteiger partial charge in [0.15, 0.2) is 0 Å². The normalized spacial score (nSPS) is 21.1. The topological polar surface area (TPSA) is 176 Å². The zero-order valence-corrected chi connectivity index (χ0v) is 58.3. The molecule has 4 aliphatic carbocycles. The molecule has 0 N–H and O–H groups in total. The summed E-state index contributed by atoms with van der Waals surface area (Å²) < 4.78 is 45.3. The lowest BCUT2D eigenvalue weighted by Crippen LogP contribution is -2.30. The van der Waals surface area contributed by atoms with Crippen LogP contribution in [0, 0.1) is 47.3 Å². The van der Waals surface area contributed by atoms with Crippen molar-refractivity contribution in [2.75, 3.05) is 26.4 Å². The fourth-order valence-corrected chi connectivity index (χ4v) is 15.1. The maximum absolute atomic E-state index is 13.1. The van der Waals surface area contributed by atoms with Crippen molar-refractivity contribution in [1.82, 2.24) is 0 Å². The van der Waals surface area contributed by atoms with Crippen molar-refractivity contribution in [3.63, 3.8) is 0 Å². The average Bonchev–Trinajstić information content (AvgIpc) is 1.08. The van der Waals surface area contributed by atoms with Crippen LogP contribution in [0.25, 0.3) is 0 Å². The Morgan fingerprint density at radius 3 is 0.906 bits per heavy atom. The molecule has 8 rings (SSSR count). The second kappa shape index (κ2) is 42.9. The van der Waals surface area contributed by atoms with Gasteiger partial charge in [0.2, 0.25) is 0 Å². The smallest absolute Gasteiger partial charge is 0.343 e. The van der Waals surface area contributed by atoms with Crippen LogP contribution in [0.3, 0.4) is 0 Å². The highest BCUT2D eigenvalue weighted by Crippen LogP contribution is 2.44. The molecule has 0 heterocycles.